The van der Waals surface area contributed by atoms with E-state index < -0.39 is 0 Å². The topological polar surface area (TPSA) is 56.0 Å². The van der Waals surface area contributed by atoms with Crippen molar-refractivity contribution in [1.29, 1.82) is 0 Å². The summed E-state index contributed by atoms with van der Waals surface area (Å²) in [7, 11) is 0. The van der Waals surface area contributed by atoms with Crippen LogP contribution in [0.5, 0.6) is 0 Å². The summed E-state index contributed by atoms with van der Waals surface area (Å²) in [5.41, 5.74) is 7.77. The first-order chi connectivity index (χ1) is 6.31. The van der Waals surface area contributed by atoms with Crippen molar-refractivity contribution in [2.75, 3.05) is 5.73 Å². The summed E-state index contributed by atoms with van der Waals surface area (Å²) < 4.78 is 0. The van der Waals surface area contributed by atoms with Crippen LogP contribution in [0.25, 0.3) is 10.9 Å². The molecule has 13 heavy (non-hydrogen) atoms. The first-order valence-corrected chi connectivity index (χ1v) is 3.90. The average Bonchev–Trinajstić information content (AvgIpc) is 2.18. The molecule has 3 heteroatoms. The van der Waals surface area contributed by atoms with Crippen molar-refractivity contribution < 1.29 is 4.79 Å². The van der Waals surface area contributed by atoms with E-state index >= 15 is 0 Å². The second-order valence-corrected chi connectivity index (χ2v) is 2.79. The van der Waals surface area contributed by atoms with Gasteiger partial charge in [0.2, 0.25) is 0 Å². The molecule has 1 heterocycles. The molecule has 0 saturated heterocycles. The summed E-state index contributed by atoms with van der Waals surface area (Å²) in [6.07, 6.45) is 2.43. The molecule has 2 rings (SSSR count). The van der Waals surface area contributed by atoms with Crippen LogP contribution < -0.4 is 5.73 Å². The largest absolute Gasteiger partial charge is 0.398 e. The average molecular weight is 172 g/mol. The van der Waals surface area contributed by atoms with Crippen LogP contribution in [0.4, 0.5) is 5.69 Å². The lowest BCUT2D eigenvalue weighted by Gasteiger charge is -2.00. The Morgan fingerprint density at radius 3 is 2.92 bits per heavy atom. The number of nitrogens with zero attached hydrogens (tertiary/aromatic N) is 1. The van der Waals surface area contributed by atoms with Crippen molar-refractivity contribution in [3.05, 3.63) is 36.0 Å². The summed E-state index contributed by atoms with van der Waals surface area (Å²) in [5.74, 6) is 0. The first-order valence-electron chi connectivity index (χ1n) is 3.90. The summed E-state index contributed by atoms with van der Waals surface area (Å²) in [6.45, 7) is 0. The van der Waals surface area contributed by atoms with Crippen LogP contribution in [0.15, 0.2) is 30.5 Å². The Hall–Kier alpha value is -1.90. The fourth-order valence-corrected chi connectivity index (χ4v) is 1.26. The zero-order valence-corrected chi connectivity index (χ0v) is 6.90. The molecule has 64 valence electrons. The lowest BCUT2D eigenvalue weighted by atomic mass is 10.1. The van der Waals surface area contributed by atoms with Gasteiger partial charge in [-0.3, -0.25) is 9.78 Å². The lowest BCUT2D eigenvalue weighted by Crippen LogP contribution is -1.89. The van der Waals surface area contributed by atoms with Gasteiger partial charge in [0, 0.05) is 22.8 Å². The molecular formula is C10H8N2O. The molecule has 3 nitrogen and oxygen atoms in total. The van der Waals surface area contributed by atoms with E-state index in [4.69, 9.17) is 5.73 Å². The number of anilines is 1. The number of aromatic nitrogens is 1. The second-order valence-electron chi connectivity index (χ2n) is 2.79. The van der Waals surface area contributed by atoms with E-state index in [1.54, 1.807) is 30.5 Å². The van der Waals surface area contributed by atoms with Crippen molar-refractivity contribution in [2.45, 2.75) is 0 Å². The van der Waals surface area contributed by atoms with E-state index in [0.717, 1.165) is 17.2 Å². The third-order valence-electron chi connectivity index (χ3n) is 1.94. The number of hydrogen-bond donors (Lipinski definition) is 1. The lowest BCUT2D eigenvalue weighted by molar-refractivity contribution is 0.112. The molecule has 0 spiro atoms. The van der Waals surface area contributed by atoms with Crippen molar-refractivity contribution in [1.82, 2.24) is 4.98 Å². The third-order valence-corrected chi connectivity index (χ3v) is 1.94. The Balaban J connectivity index is 2.79. The number of aldehydes is 1. The number of rotatable bonds is 1. The third kappa shape index (κ3) is 1.24. The Kier molecular flexibility index (Phi) is 1.70. The Bertz CT molecular complexity index is 465. The zero-order chi connectivity index (χ0) is 9.26. The van der Waals surface area contributed by atoms with E-state index in [0.29, 0.717) is 11.3 Å². The summed E-state index contributed by atoms with van der Waals surface area (Å²) >= 11 is 0. The van der Waals surface area contributed by atoms with Gasteiger partial charge < -0.3 is 5.73 Å². The molecule has 0 aliphatic rings. The maximum Gasteiger partial charge on any atom is 0.150 e. The summed E-state index contributed by atoms with van der Waals surface area (Å²) in [6, 6.07) is 7.00. The van der Waals surface area contributed by atoms with Crippen molar-refractivity contribution in [3.63, 3.8) is 0 Å². The molecule has 1 aromatic carbocycles. The molecular weight excluding hydrogens is 164 g/mol. The standard InChI is InChI=1S/C10H8N2O/c11-9-3-4-12-10-5-7(6-13)1-2-8(9)10/h1-6H,(H2,11,12). The van der Waals surface area contributed by atoms with Crippen LogP contribution in [0.1, 0.15) is 10.4 Å². The van der Waals surface area contributed by atoms with Gasteiger partial charge >= 0.3 is 0 Å². The highest BCUT2D eigenvalue weighted by Gasteiger charge is 1.98. The van der Waals surface area contributed by atoms with Crippen LogP contribution in [-0.2, 0) is 0 Å². The highest BCUT2D eigenvalue weighted by atomic mass is 16.1. The van der Waals surface area contributed by atoms with E-state index in [-0.39, 0.29) is 0 Å². The first kappa shape index (κ1) is 7.73. The van der Waals surface area contributed by atoms with Gasteiger partial charge in [-0.05, 0) is 12.1 Å². The molecule has 0 radical (unpaired) electrons. The minimum Gasteiger partial charge on any atom is -0.398 e. The highest BCUT2D eigenvalue weighted by molar-refractivity contribution is 5.93. The fourth-order valence-electron chi connectivity index (χ4n) is 1.26. The van der Waals surface area contributed by atoms with Crippen molar-refractivity contribution >= 4 is 22.9 Å². The van der Waals surface area contributed by atoms with Crippen LogP contribution in [0.2, 0.25) is 0 Å². The van der Waals surface area contributed by atoms with E-state index in [1.165, 1.54) is 0 Å². The Labute approximate surface area is 75.2 Å². The molecule has 0 saturated carbocycles. The molecule has 1 aromatic heterocycles. The molecule has 2 N–H and O–H groups in total. The Morgan fingerprint density at radius 2 is 2.15 bits per heavy atom. The normalized spacial score (nSPS) is 10.2. The molecule has 0 aliphatic carbocycles. The zero-order valence-electron chi connectivity index (χ0n) is 6.90. The highest BCUT2D eigenvalue weighted by Crippen LogP contribution is 2.18. The number of carbonyl (C=O) groups is 1. The molecule has 0 aliphatic heterocycles. The minimum atomic E-state index is 0.616. The van der Waals surface area contributed by atoms with Gasteiger partial charge in [0.1, 0.15) is 6.29 Å². The van der Waals surface area contributed by atoms with Crippen molar-refractivity contribution in [3.8, 4) is 0 Å². The number of carbonyl (C=O) groups excluding carboxylic acids is 1. The molecule has 0 unspecified atom stereocenters. The van der Waals surface area contributed by atoms with Crippen LogP contribution in [0, 0.1) is 0 Å². The SMILES string of the molecule is Nc1ccnc2cc(C=O)ccc12. The number of fused-ring (bicyclic) bond motifs is 1. The number of nitrogen functional groups attached to an aromatic ring is 1. The molecule has 2 aromatic rings. The maximum atomic E-state index is 10.5. The minimum absolute atomic E-state index is 0.616. The predicted molar refractivity (Wildman–Crippen MR) is 51.5 cm³/mol. The van der Waals surface area contributed by atoms with Crippen molar-refractivity contribution in [2.24, 2.45) is 0 Å². The smallest absolute Gasteiger partial charge is 0.150 e. The van der Waals surface area contributed by atoms with Gasteiger partial charge in [0.05, 0.1) is 5.52 Å². The van der Waals surface area contributed by atoms with Crippen LogP contribution >= 0.6 is 0 Å². The van der Waals surface area contributed by atoms with Gasteiger partial charge in [-0.2, -0.15) is 0 Å². The number of nitrogens with two attached hydrogens (primary N) is 1. The molecule has 0 amide bonds. The van der Waals surface area contributed by atoms with Crippen LogP contribution in [0.3, 0.4) is 0 Å². The number of pyridine rings is 1. The molecule has 0 bridgehead atoms. The quantitative estimate of drug-likeness (QED) is 0.665. The van der Waals surface area contributed by atoms with E-state index in [2.05, 4.69) is 4.98 Å². The maximum absolute atomic E-state index is 10.5. The van der Waals surface area contributed by atoms with E-state index in [1.807, 2.05) is 0 Å². The molecule has 0 fully saturated rings. The van der Waals surface area contributed by atoms with E-state index in [9.17, 15) is 4.79 Å². The van der Waals surface area contributed by atoms with Gasteiger partial charge in [0.25, 0.3) is 0 Å². The number of benzene rings is 1. The van der Waals surface area contributed by atoms with Gasteiger partial charge in [-0.15, -0.1) is 0 Å². The predicted octanol–water partition coefficient (Wildman–Crippen LogP) is 1.63. The van der Waals surface area contributed by atoms with Gasteiger partial charge in [-0.1, -0.05) is 12.1 Å². The van der Waals surface area contributed by atoms with Gasteiger partial charge in [0.15, 0.2) is 0 Å². The van der Waals surface area contributed by atoms with Gasteiger partial charge in [-0.25, -0.2) is 0 Å². The molecule has 0 atom stereocenters. The monoisotopic (exact) mass is 172 g/mol. The summed E-state index contributed by atoms with van der Waals surface area (Å²) in [5, 5.41) is 0.883. The Morgan fingerprint density at radius 1 is 1.31 bits per heavy atom. The second kappa shape index (κ2) is 2.86. The fraction of sp³-hybridized carbons (Fsp3) is 0. The summed E-state index contributed by atoms with van der Waals surface area (Å²) in [4.78, 5) is 14.6. The van der Waals surface area contributed by atoms with Crippen LogP contribution in [-0.4, -0.2) is 11.3 Å². The number of hydrogen-bond acceptors (Lipinski definition) is 3.